The van der Waals surface area contributed by atoms with Crippen molar-refractivity contribution in [2.75, 3.05) is 0 Å². The summed E-state index contributed by atoms with van der Waals surface area (Å²) in [5, 5.41) is 0.983. The highest BCUT2D eigenvalue weighted by molar-refractivity contribution is 7.98. The summed E-state index contributed by atoms with van der Waals surface area (Å²) in [4.78, 5) is 8.82. The maximum Gasteiger partial charge on any atom is 0.223 e. The van der Waals surface area contributed by atoms with Gasteiger partial charge in [-0.05, 0) is 36.2 Å². The highest BCUT2D eigenvalue weighted by Gasteiger charge is 2.10. The lowest BCUT2D eigenvalue weighted by atomic mass is 10.2. The van der Waals surface area contributed by atoms with Crippen molar-refractivity contribution in [3.8, 4) is 11.6 Å². The topological polar surface area (TPSA) is 35.0 Å². The first kappa shape index (κ1) is 18.6. The van der Waals surface area contributed by atoms with E-state index in [0.717, 1.165) is 11.8 Å². The average molecular weight is 393 g/mol. The lowest BCUT2D eigenvalue weighted by molar-refractivity contribution is 0.454. The highest BCUT2D eigenvalue weighted by Crippen LogP contribution is 2.30. The van der Waals surface area contributed by atoms with Crippen LogP contribution in [0.3, 0.4) is 0 Å². The molecule has 0 unspecified atom stereocenters. The fourth-order valence-electron chi connectivity index (χ4n) is 2.16. The molecule has 2 aromatic carbocycles. The number of halogens is 3. The van der Waals surface area contributed by atoms with Crippen molar-refractivity contribution in [1.29, 1.82) is 0 Å². The van der Waals surface area contributed by atoms with Crippen molar-refractivity contribution in [1.82, 2.24) is 9.97 Å². The molecule has 0 aliphatic heterocycles. The van der Waals surface area contributed by atoms with Crippen LogP contribution in [0.4, 0.5) is 8.78 Å². The Morgan fingerprint density at radius 2 is 1.85 bits per heavy atom. The molecule has 1 aromatic heterocycles. The number of thioether (sulfide) groups is 1. The summed E-state index contributed by atoms with van der Waals surface area (Å²) in [6, 6.07) is 12.7. The first-order chi connectivity index (χ1) is 12.5. The number of benzene rings is 2. The maximum absolute atomic E-state index is 13.3. The standard InChI is InChI=1S/C19H15ClF2N2OS/c1-2-13-10-18(25-17-6-4-3-5-14(17)20)24-19(23-13)26-11-12-7-8-15(21)16(22)9-12/h3-10H,2,11H2,1H3. The van der Waals surface area contributed by atoms with Crippen molar-refractivity contribution in [2.45, 2.75) is 24.3 Å². The molecule has 0 bridgehead atoms. The SMILES string of the molecule is CCc1cc(Oc2ccccc2Cl)nc(SCc2ccc(F)c(F)c2)n1. The summed E-state index contributed by atoms with van der Waals surface area (Å²) in [5.74, 6) is -0.424. The van der Waals surface area contributed by atoms with Gasteiger partial charge in [0, 0.05) is 17.5 Å². The number of hydrogen-bond acceptors (Lipinski definition) is 4. The number of para-hydroxylation sites is 1. The Balaban J connectivity index is 1.78. The first-order valence-corrected chi connectivity index (χ1v) is 9.28. The summed E-state index contributed by atoms with van der Waals surface area (Å²) in [6.45, 7) is 1.98. The van der Waals surface area contributed by atoms with Crippen molar-refractivity contribution in [3.63, 3.8) is 0 Å². The van der Waals surface area contributed by atoms with Crippen molar-refractivity contribution in [2.24, 2.45) is 0 Å². The second kappa shape index (κ2) is 8.47. The second-order valence-corrected chi connectivity index (χ2v) is 6.75. The van der Waals surface area contributed by atoms with E-state index in [1.54, 1.807) is 18.2 Å². The van der Waals surface area contributed by atoms with Gasteiger partial charge in [0.05, 0.1) is 5.02 Å². The van der Waals surface area contributed by atoms with E-state index in [9.17, 15) is 8.78 Å². The zero-order valence-corrected chi connectivity index (χ0v) is 15.5. The zero-order chi connectivity index (χ0) is 18.5. The predicted molar refractivity (Wildman–Crippen MR) is 98.9 cm³/mol. The van der Waals surface area contributed by atoms with Crippen molar-refractivity contribution in [3.05, 3.63) is 76.4 Å². The number of rotatable bonds is 6. The van der Waals surface area contributed by atoms with Crippen LogP contribution in [-0.4, -0.2) is 9.97 Å². The van der Waals surface area contributed by atoms with Crippen molar-refractivity contribution < 1.29 is 13.5 Å². The van der Waals surface area contributed by atoms with Gasteiger partial charge in [-0.1, -0.05) is 48.5 Å². The van der Waals surface area contributed by atoms with Crippen molar-refractivity contribution >= 4 is 23.4 Å². The minimum atomic E-state index is -0.867. The van der Waals surface area contributed by atoms with Gasteiger partial charge < -0.3 is 4.74 Å². The van der Waals surface area contributed by atoms with Gasteiger partial charge >= 0.3 is 0 Å². The molecule has 1 heterocycles. The minimum Gasteiger partial charge on any atom is -0.437 e. The summed E-state index contributed by atoms with van der Waals surface area (Å²) in [6.07, 6.45) is 0.708. The number of hydrogen-bond donors (Lipinski definition) is 0. The van der Waals surface area contributed by atoms with E-state index in [1.807, 2.05) is 19.1 Å². The van der Waals surface area contributed by atoms with Gasteiger partial charge in [-0.25, -0.2) is 13.8 Å². The van der Waals surface area contributed by atoms with E-state index in [2.05, 4.69) is 9.97 Å². The Kier molecular flexibility index (Phi) is 6.06. The number of ether oxygens (including phenoxy) is 1. The van der Waals surface area contributed by atoms with Crippen LogP contribution in [0.15, 0.2) is 53.7 Å². The first-order valence-electron chi connectivity index (χ1n) is 7.92. The molecule has 26 heavy (non-hydrogen) atoms. The largest absolute Gasteiger partial charge is 0.437 e. The summed E-state index contributed by atoms with van der Waals surface area (Å²) >= 11 is 7.44. The fraction of sp³-hybridized carbons (Fsp3) is 0.158. The molecule has 134 valence electrons. The molecule has 0 fully saturated rings. The average Bonchev–Trinajstić information content (AvgIpc) is 2.64. The van der Waals surface area contributed by atoms with Crippen LogP contribution in [0.25, 0.3) is 0 Å². The van der Waals surface area contributed by atoms with E-state index in [4.69, 9.17) is 16.3 Å². The lowest BCUT2D eigenvalue weighted by Crippen LogP contribution is -1.98. The molecule has 3 aromatic rings. The Morgan fingerprint density at radius 3 is 2.58 bits per heavy atom. The number of nitrogens with zero attached hydrogens (tertiary/aromatic N) is 2. The van der Waals surface area contributed by atoms with Crippen LogP contribution < -0.4 is 4.74 Å². The van der Waals surface area contributed by atoms with Crippen LogP contribution in [0.1, 0.15) is 18.2 Å². The predicted octanol–water partition coefficient (Wildman–Crippen LogP) is 6.06. The third kappa shape index (κ3) is 4.71. The normalized spacial score (nSPS) is 10.8. The molecule has 0 radical (unpaired) electrons. The molecule has 3 nitrogen and oxygen atoms in total. The molecule has 0 atom stereocenters. The molecular weight excluding hydrogens is 378 g/mol. The van der Waals surface area contributed by atoms with E-state index < -0.39 is 11.6 Å². The third-order valence-electron chi connectivity index (χ3n) is 3.50. The quantitative estimate of drug-likeness (QED) is 0.377. The monoisotopic (exact) mass is 392 g/mol. The van der Waals surface area contributed by atoms with E-state index in [1.165, 1.54) is 23.9 Å². The third-order valence-corrected chi connectivity index (χ3v) is 4.73. The zero-order valence-electron chi connectivity index (χ0n) is 13.9. The molecule has 0 saturated carbocycles. The van der Waals surface area contributed by atoms with E-state index in [-0.39, 0.29) is 0 Å². The minimum absolute atomic E-state index is 0.387. The van der Waals surface area contributed by atoms with Crippen LogP contribution in [-0.2, 0) is 12.2 Å². The Labute approximate surface area is 159 Å². The fourth-order valence-corrected chi connectivity index (χ4v) is 3.15. The molecule has 0 spiro atoms. The maximum atomic E-state index is 13.3. The Hall–Kier alpha value is -2.18. The molecule has 7 heteroatoms. The van der Waals surface area contributed by atoms with Gasteiger partial charge in [-0.3, -0.25) is 0 Å². The molecular formula is C19H15ClF2N2OS. The van der Waals surface area contributed by atoms with Gasteiger partial charge in [0.1, 0.15) is 5.75 Å². The summed E-state index contributed by atoms with van der Waals surface area (Å²) in [7, 11) is 0. The molecule has 0 saturated heterocycles. The van der Waals surface area contributed by atoms with Gasteiger partial charge in [0.25, 0.3) is 0 Å². The lowest BCUT2D eigenvalue weighted by Gasteiger charge is -2.09. The Bertz CT molecular complexity index is 924. The van der Waals surface area contributed by atoms with Gasteiger partial charge in [-0.15, -0.1) is 0 Å². The molecule has 3 rings (SSSR count). The molecule has 0 aliphatic carbocycles. The molecule has 0 N–H and O–H groups in total. The number of aromatic nitrogens is 2. The summed E-state index contributed by atoms with van der Waals surface area (Å²) in [5.41, 5.74) is 1.46. The Morgan fingerprint density at radius 1 is 1.04 bits per heavy atom. The van der Waals surface area contributed by atoms with Gasteiger partial charge in [0.15, 0.2) is 16.8 Å². The molecule has 0 aliphatic rings. The van der Waals surface area contributed by atoms with Gasteiger partial charge in [-0.2, -0.15) is 4.98 Å². The number of aryl methyl sites for hydroxylation is 1. The summed E-state index contributed by atoms with van der Waals surface area (Å²) < 4.78 is 32.1. The highest BCUT2D eigenvalue weighted by atomic mass is 35.5. The van der Waals surface area contributed by atoms with E-state index in [0.29, 0.717) is 39.5 Å². The van der Waals surface area contributed by atoms with Crippen LogP contribution >= 0.6 is 23.4 Å². The van der Waals surface area contributed by atoms with Crippen LogP contribution in [0.2, 0.25) is 5.02 Å². The van der Waals surface area contributed by atoms with Crippen LogP contribution in [0.5, 0.6) is 11.6 Å². The van der Waals surface area contributed by atoms with Gasteiger partial charge in [0.2, 0.25) is 5.88 Å². The molecule has 0 amide bonds. The second-order valence-electron chi connectivity index (χ2n) is 5.40. The smallest absolute Gasteiger partial charge is 0.223 e. The van der Waals surface area contributed by atoms with E-state index >= 15 is 0 Å². The van der Waals surface area contributed by atoms with Crippen LogP contribution in [0, 0.1) is 11.6 Å².